The molecule has 1 aliphatic rings. The lowest BCUT2D eigenvalue weighted by Gasteiger charge is -2.33. The zero-order valence-corrected chi connectivity index (χ0v) is 13.8. The van der Waals surface area contributed by atoms with Gasteiger partial charge in [0.25, 0.3) is 0 Å². The van der Waals surface area contributed by atoms with Crippen molar-refractivity contribution < 1.29 is 24.4 Å². The van der Waals surface area contributed by atoms with Crippen LogP contribution < -0.4 is 0 Å². The van der Waals surface area contributed by atoms with Gasteiger partial charge in [-0.15, -0.1) is 0 Å². The average Bonchev–Trinajstić information content (AvgIpc) is 2.91. The number of ether oxygens (including phenoxy) is 1. The summed E-state index contributed by atoms with van der Waals surface area (Å²) in [5, 5.41) is 23.7. The predicted molar refractivity (Wildman–Crippen MR) is 81.9 cm³/mol. The maximum absolute atomic E-state index is 12.0. The number of carboxylic acid groups (broad SMARTS) is 1. The van der Waals surface area contributed by atoms with E-state index < -0.39 is 34.0 Å². The summed E-state index contributed by atoms with van der Waals surface area (Å²) in [5.41, 5.74) is -1.68. The molecule has 1 aliphatic heterocycles. The van der Waals surface area contributed by atoms with Crippen molar-refractivity contribution in [2.45, 2.75) is 45.3 Å². The Morgan fingerprint density at radius 3 is 2.38 bits per heavy atom. The topological polar surface area (TPSA) is 128 Å². The Balaban J connectivity index is 2.05. The molecule has 1 amide bonds. The molecule has 1 aromatic rings. The van der Waals surface area contributed by atoms with Crippen LogP contribution in [0.5, 0.6) is 0 Å². The molecule has 0 unspecified atom stereocenters. The number of carbonyl (C=O) groups is 2. The molecule has 1 saturated heterocycles. The minimum Gasteiger partial charge on any atom is -0.476 e. The molecule has 0 atom stereocenters. The lowest BCUT2D eigenvalue weighted by Crippen LogP contribution is -2.42. The Morgan fingerprint density at radius 1 is 1.38 bits per heavy atom. The van der Waals surface area contributed by atoms with Crippen LogP contribution in [0.25, 0.3) is 0 Å². The van der Waals surface area contributed by atoms with Gasteiger partial charge >= 0.3 is 17.7 Å². The molecule has 0 spiro atoms. The van der Waals surface area contributed by atoms with Crippen molar-refractivity contribution in [3.05, 3.63) is 22.0 Å². The second-order valence-corrected chi connectivity index (χ2v) is 6.60. The highest BCUT2D eigenvalue weighted by Crippen LogP contribution is 2.26. The van der Waals surface area contributed by atoms with Gasteiger partial charge < -0.3 is 14.7 Å². The third-order valence-electron chi connectivity index (χ3n) is 3.60. The number of piperidine rings is 1. The number of amides is 1. The summed E-state index contributed by atoms with van der Waals surface area (Å²) < 4.78 is 6.62. The minimum absolute atomic E-state index is 0.199. The van der Waals surface area contributed by atoms with E-state index in [1.54, 1.807) is 25.7 Å². The summed E-state index contributed by atoms with van der Waals surface area (Å²) in [7, 11) is 0. The van der Waals surface area contributed by atoms with Gasteiger partial charge in [-0.25, -0.2) is 9.59 Å². The van der Waals surface area contributed by atoms with E-state index in [1.807, 2.05) is 0 Å². The summed E-state index contributed by atoms with van der Waals surface area (Å²) in [6, 6.07) is -0.199. The predicted octanol–water partition coefficient (Wildman–Crippen LogP) is 2.06. The van der Waals surface area contributed by atoms with Crippen molar-refractivity contribution in [3.63, 3.8) is 0 Å². The maximum atomic E-state index is 12.0. The molecule has 0 aromatic carbocycles. The van der Waals surface area contributed by atoms with Crippen LogP contribution in [0.15, 0.2) is 6.20 Å². The number of carboxylic acids is 1. The summed E-state index contributed by atoms with van der Waals surface area (Å²) in [6.45, 7) is 6.18. The van der Waals surface area contributed by atoms with Crippen LogP contribution in [0.3, 0.4) is 0 Å². The van der Waals surface area contributed by atoms with Crippen molar-refractivity contribution >= 4 is 17.7 Å². The van der Waals surface area contributed by atoms with Crippen molar-refractivity contribution in [2.75, 3.05) is 13.1 Å². The van der Waals surface area contributed by atoms with E-state index in [9.17, 15) is 19.7 Å². The average molecular weight is 340 g/mol. The first-order chi connectivity index (χ1) is 11.1. The second kappa shape index (κ2) is 6.46. The molecular weight excluding hydrogens is 320 g/mol. The minimum atomic E-state index is -1.44. The Morgan fingerprint density at radius 2 is 1.96 bits per heavy atom. The molecule has 1 N–H and O–H groups in total. The fourth-order valence-electron chi connectivity index (χ4n) is 2.49. The van der Waals surface area contributed by atoms with Crippen LogP contribution in [0, 0.1) is 10.1 Å². The monoisotopic (exact) mass is 340 g/mol. The van der Waals surface area contributed by atoms with E-state index in [4.69, 9.17) is 9.84 Å². The highest BCUT2D eigenvalue weighted by Gasteiger charge is 2.31. The van der Waals surface area contributed by atoms with E-state index >= 15 is 0 Å². The first-order valence-corrected chi connectivity index (χ1v) is 7.53. The van der Waals surface area contributed by atoms with Crippen LogP contribution in [-0.4, -0.2) is 55.5 Å². The van der Waals surface area contributed by atoms with Crippen molar-refractivity contribution in [3.8, 4) is 0 Å². The lowest BCUT2D eigenvalue weighted by molar-refractivity contribution is -0.385. The third kappa shape index (κ3) is 4.00. The van der Waals surface area contributed by atoms with Crippen molar-refractivity contribution in [2.24, 2.45) is 0 Å². The number of hydrogen-bond donors (Lipinski definition) is 1. The molecule has 2 rings (SSSR count). The summed E-state index contributed by atoms with van der Waals surface area (Å²) in [6.07, 6.45) is 1.75. The Kier molecular flexibility index (Phi) is 4.76. The standard InChI is InChI=1S/C14H20N4O6/c1-14(2,3)24-13(21)16-6-4-9(5-7-16)17-8-10(18(22)23)11(15-17)12(19)20/h8-9H,4-7H2,1-3H3,(H,19,20). The van der Waals surface area contributed by atoms with Crippen LogP contribution in [0.1, 0.15) is 50.1 Å². The number of aromatic carboxylic acids is 1. The van der Waals surface area contributed by atoms with Gasteiger partial charge in [0.15, 0.2) is 0 Å². The molecule has 0 saturated carbocycles. The van der Waals surface area contributed by atoms with Gasteiger partial charge in [0, 0.05) is 13.1 Å². The smallest absolute Gasteiger partial charge is 0.410 e. The van der Waals surface area contributed by atoms with Crippen LogP contribution in [0.4, 0.5) is 10.5 Å². The highest BCUT2D eigenvalue weighted by atomic mass is 16.6. The normalized spacial score (nSPS) is 16.0. The SMILES string of the molecule is CC(C)(C)OC(=O)N1CCC(n2cc([N+](=O)[O-])c(C(=O)O)n2)CC1. The molecular formula is C14H20N4O6. The highest BCUT2D eigenvalue weighted by molar-refractivity contribution is 5.89. The number of carbonyl (C=O) groups excluding carboxylic acids is 1. The summed E-state index contributed by atoms with van der Waals surface area (Å²) >= 11 is 0. The molecule has 24 heavy (non-hydrogen) atoms. The largest absolute Gasteiger partial charge is 0.476 e. The van der Waals surface area contributed by atoms with Crippen LogP contribution in [-0.2, 0) is 4.74 Å². The van der Waals surface area contributed by atoms with Gasteiger partial charge in [-0.3, -0.25) is 14.8 Å². The summed E-state index contributed by atoms with van der Waals surface area (Å²) in [5.74, 6) is -1.44. The van der Waals surface area contributed by atoms with Crippen molar-refractivity contribution in [1.29, 1.82) is 0 Å². The van der Waals surface area contributed by atoms with Gasteiger partial charge in [-0.1, -0.05) is 0 Å². The molecule has 10 nitrogen and oxygen atoms in total. The van der Waals surface area contributed by atoms with Gasteiger partial charge in [-0.05, 0) is 33.6 Å². The van der Waals surface area contributed by atoms with Crippen LogP contribution in [0.2, 0.25) is 0 Å². The number of aromatic nitrogens is 2. The quantitative estimate of drug-likeness (QED) is 0.658. The second-order valence-electron chi connectivity index (χ2n) is 6.60. The van der Waals surface area contributed by atoms with Crippen molar-refractivity contribution in [1.82, 2.24) is 14.7 Å². The Hall–Kier alpha value is -2.65. The number of nitro groups is 1. The maximum Gasteiger partial charge on any atom is 0.410 e. The molecule has 1 aromatic heterocycles. The molecule has 1 fully saturated rings. The van der Waals surface area contributed by atoms with E-state index in [2.05, 4.69) is 5.10 Å². The molecule has 10 heteroatoms. The van der Waals surface area contributed by atoms with Gasteiger partial charge in [0.05, 0.1) is 11.0 Å². The molecule has 0 radical (unpaired) electrons. The zero-order chi connectivity index (χ0) is 18.1. The summed E-state index contributed by atoms with van der Waals surface area (Å²) in [4.78, 5) is 34.8. The first kappa shape index (κ1) is 17.7. The van der Waals surface area contributed by atoms with E-state index in [-0.39, 0.29) is 6.04 Å². The van der Waals surface area contributed by atoms with E-state index in [1.165, 1.54) is 4.68 Å². The number of likely N-dealkylation sites (tertiary alicyclic amines) is 1. The fraction of sp³-hybridized carbons (Fsp3) is 0.643. The number of rotatable bonds is 3. The Bertz CT molecular complexity index is 623. The van der Waals surface area contributed by atoms with Crippen LogP contribution >= 0.6 is 0 Å². The first-order valence-electron chi connectivity index (χ1n) is 7.53. The number of hydrogen-bond acceptors (Lipinski definition) is 6. The van der Waals surface area contributed by atoms with E-state index in [0.717, 1.165) is 6.20 Å². The fourth-order valence-corrected chi connectivity index (χ4v) is 2.49. The van der Waals surface area contributed by atoms with Gasteiger partial charge in [-0.2, -0.15) is 5.10 Å². The van der Waals surface area contributed by atoms with E-state index in [0.29, 0.717) is 25.9 Å². The van der Waals surface area contributed by atoms with Gasteiger partial charge in [0.2, 0.25) is 5.69 Å². The number of nitrogens with zero attached hydrogens (tertiary/aromatic N) is 4. The lowest BCUT2D eigenvalue weighted by atomic mass is 10.1. The third-order valence-corrected chi connectivity index (χ3v) is 3.60. The molecule has 2 heterocycles. The molecule has 0 bridgehead atoms. The molecule has 0 aliphatic carbocycles. The Labute approximate surface area is 138 Å². The molecule has 132 valence electrons. The van der Waals surface area contributed by atoms with Gasteiger partial charge in [0.1, 0.15) is 11.8 Å². The zero-order valence-electron chi connectivity index (χ0n) is 13.8.